The van der Waals surface area contributed by atoms with Crippen LogP contribution in [0.3, 0.4) is 0 Å². The molecule has 0 saturated heterocycles. The van der Waals surface area contributed by atoms with E-state index in [1.807, 2.05) is 30.7 Å². The van der Waals surface area contributed by atoms with E-state index in [4.69, 9.17) is 0 Å². The van der Waals surface area contributed by atoms with Crippen molar-refractivity contribution in [1.29, 1.82) is 0 Å². The third kappa shape index (κ3) is 2.79. The van der Waals surface area contributed by atoms with Crippen LogP contribution in [0.1, 0.15) is 12.1 Å². The van der Waals surface area contributed by atoms with E-state index >= 15 is 0 Å². The molecule has 0 unspecified atom stereocenters. The van der Waals surface area contributed by atoms with Crippen LogP contribution >= 0.6 is 0 Å². The Hall–Kier alpha value is -3.84. The first-order valence-electron chi connectivity index (χ1n) is 9.99. The van der Waals surface area contributed by atoms with Gasteiger partial charge < -0.3 is 10.3 Å². The number of fused-ring (bicyclic) bond motifs is 2. The molecule has 3 N–H and O–H groups in total. The number of aromatic nitrogens is 6. The molecule has 0 fully saturated rings. The van der Waals surface area contributed by atoms with Gasteiger partial charge in [-0.1, -0.05) is 12.1 Å². The summed E-state index contributed by atoms with van der Waals surface area (Å²) < 4.78 is 0. The van der Waals surface area contributed by atoms with Crippen LogP contribution in [-0.4, -0.2) is 43.2 Å². The molecular formula is C23H19N7. The van der Waals surface area contributed by atoms with E-state index in [0.29, 0.717) is 0 Å². The summed E-state index contributed by atoms with van der Waals surface area (Å²) in [6.07, 6.45) is 10.5. The molecule has 6 rings (SSSR count). The average Bonchev–Trinajstić information content (AvgIpc) is 3.43. The smallest absolute Gasteiger partial charge is 0.138 e. The molecule has 0 saturated carbocycles. The highest BCUT2D eigenvalue weighted by Crippen LogP contribution is 2.33. The lowest BCUT2D eigenvalue weighted by molar-refractivity contribution is 0.737. The largest absolute Gasteiger partial charge is 0.338 e. The molecule has 1 aliphatic rings. The van der Waals surface area contributed by atoms with Crippen molar-refractivity contribution < 1.29 is 0 Å². The first kappa shape index (κ1) is 17.1. The maximum atomic E-state index is 4.64. The van der Waals surface area contributed by atoms with Gasteiger partial charge in [0.25, 0.3) is 0 Å². The summed E-state index contributed by atoms with van der Waals surface area (Å²) in [4.78, 5) is 16.9. The van der Waals surface area contributed by atoms with Crippen LogP contribution < -0.4 is 5.32 Å². The molecule has 5 aromatic rings. The van der Waals surface area contributed by atoms with E-state index in [1.165, 1.54) is 5.57 Å². The molecule has 7 nitrogen and oxygen atoms in total. The Morgan fingerprint density at radius 3 is 2.83 bits per heavy atom. The summed E-state index contributed by atoms with van der Waals surface area (Å²) >= 11 is 0. The molecule has 0 bridgehead atoms. The van der Waals surface area contributed by atoms with Gasteiger partial charge in [-0.25, -0.2) is 4.98 Å². The summed E-state index contributed by atoms with van der Waals surface area (Å²) in [7, 11) is 0. The second kappa shape index (κ2) is 6.89. The van der Waals surface area contributed by atoms with Crippen molar-refractivity contribution in [1.82, 2.24) is 35.5 Å². The molecule has 0 radical (unpaired) electrons. The second-order valence-electron chi connectivity index (χ2n) is 7.42. The lowest BCUT2D eigenvalue weighted by Gasteiger charge is -2.13. The fourth-order valence-corrected chi connectivity index (χ4v) is 4.08. The van der Waals surface area contributed by atoms with E-state index in [9.17, 15) is 0 Å². The highest BCUT2D eigenvalue weighted by Gasteiger charge is 2.16. The van der Waals surface area contributed by atoms with Gasteiger partial charge >= 0.3 is 0 Å². The second-order valence-corrected chi connectivity index (χ2v) is 7.42. The van der Waals surface area contributed by atoms with Crippen LogP contribution in [0.2, 0.25) is 0 Å². The van der Waals surface area contributed by atoms with Crippen molar-refractivity contribution >= 4 is 27.5 Å². The number of nitrogens with one attached hydrogen (secondary N) is 3. The van der Waals surface area contributed by atoms with Gasteiger partial charge in [0.15, 0.2) is 0 Å². The van der Waals surface area contributed by atoms with Gasteiger partial charge in [0, 0.05) is 41.5 Å². The number of rotatable bonds is 3. The van der Waals surface area contributed by atoms with Crippen molar-refractivity contribution in [3.05, 3.63) is 66.9 Å². The van der Waals surface area contributed by atoms with Crippen LogP contribution in [0, 0.1) is 0 Å². The molecule has 0 aromatic carbocycles. The van der Waals surface area contributed by atoms with Crippen molar-refractivity contribution in [3.8, 4) is 22.5 Å². The number of pyridine rings is 3. The SMILES string of the molecule is C1=C(c2cc3c(-c4cc5c(-c6cccnc6)ccnc5[nH]4)n[nH]c3cn2)CCNC1. The summed E-state index contributed by atoms with van der Waals surface area (Å²) in [5.74, 6) is 0. The molecular weight excluding hydrogens is 374 g/mol. The van der Waals surface area contributed by atoms with Gasteiger partial charge in [-0.2, -0.15) is 5.10 Å². The fourth-order valence-electron chi connectivity index (χ4n) is 4.08. The lowest BCUT2D eigenvalue weighted by atomic mass is 10.0. The first-order valence-corrected chi connectivity index (χ1v) is 9.99. The Morgan fingerprint density at radius 1 is 0.967 bits per heavy atom. The molecule has 5 aromatic heterocycles. The predicted octanol–water partition coefficient (Wildman–Crippen LogP) is 3.94. The van der Waals surface area contributed by atoms with Crippen LogP contribution in [0.4, 0.5) is 0 Å². The standard InChI is InChI=1S/C23H19N7/c1-2-15(12-25-6-1)16-5-9-26-23-17(16)10-20(28-23)22-18-11-19(14-3-7-24-8-4-14)27-13-21(18)29-30-22/h1-3,5-6,9-13,24H,4,7-8H2,(H,26,28)(H,29,30). The molecule has 0 aliphatic carbocycles. The van der Waals surface area contributed by atoms with Crippen molar-refractivity contribution in [2.24, 2.45) is 0 Å². The van der Waals surface area contributed by atoms with Crippen molar-refractivity contribution in [2.45, 2.75) is 6.42 Å². The van der Waals surface area contributed by atoms with Crippen molar-refractivity contribution in [2.75, 3.05) is 13.1 Å². The summed E-state index contributed by atoms with van der Waals surface area (Å²) in [6, 6.07) is 10.3. The summed E-state index contributed by atoms with van der Waals surface area (Å²) in [5.41, 5.74) is 8.00. The number of hydrogen-bond acceptors (Lipinski definition) is 5. The Balaban J connectivity index is 1.50. The maximum absolute atomic E-state index is 4.64. The molecule has 0 spiro atoms. The number of nitrogens with zero attached hydrogens (tertiary/aromatic N) is 4. The van der Waals surface area contributed by atoms with E-state index in [-0.39, 0.29) is 0 Å². The van der Waals surface area contributed by atoms with Gasteiger partial charge in [-0.05, 0) is 48.4 Å². The number of hydrogen-bond donors (Lipinski definition) is 3. The number of aromatic amines is 2. The van der Waals surface area contributed by atoms with Crippen LogP contribution in [-0.2, 0) is 0 Å². The van der Waals surface area contributed by atoms with E-state index in [2.05, 4.69) is 59.7 Å². The van der Waals surface area contributed by atoms with E-state index in [0.717, 1.165) is 69.7 Å². The summed E-state index contributed by atoms with van der Waals surface area (Å²) in [5, 5.41) is 13.1. The zero-order valence-corrected chi connectivity index (χ0v) is 16.2. The maximum Gasteiger partial charge on any atom is 0.138 e. The van der Waals surface area contributed by atoms with Gasteiger partial charge in [0.2, 0.25) is 0 Å². The minimum absolute atomic E-state index is 0.831. The van der Waals surface area contributed by atoms with E-state index in [1.54, 1.807) is 6.20 Å². The van der Waals surface area contributed by atoms with Crippen molar-refractivity contribution in [3.63, 3.8) is 0 Å². The molecule has 30 heavy (non-hydrogen) atoms. The minimum atomic E-state index is 0.831. The monoisotopic (exact) mass is 393 g/mol. The van der Waals surface area contributed by atoms with Crippen LogP contribution in [0.5, 0.6) is 0 Å². The molecule has 0 amide bonds. The fraction of sp³-hybridized carbons (Fsp3) is 0.130. The zero-order valence-electron chi connectivity index (χ0n) is 16.2. The Bertz CT molecular complexity index is 1400. The van der Waals surface area contributed by atoms with Gasteiger partial charge in [0.1, 0.15) is 11.3 Å². The lowest BCUT2D eigenvalue weighted by Crippen LogP contribution is -2.20. The molecule has 1 aliphatic heterocycles. The van der Waals surface area contributed by atoms with E-state index < -0.39 is 0 Å². The quantitative estimate of drug-likeness (QED) is 0.432. The molecule has 6 heterocycles. The van der Waals surface area contributed by atoms with Crippen LogP contribution in [0.25, 0.3) is 50.0 Å². The topological polar surface area (TPSA) is 95.2 Å². The predicted molar refractivity (Wildman–Crippen MR) is 118 cm³/mol. The minimum Gasteiger partial charge on any atom is -0.338 e. The normalized spacial score (nSPS) is 14.3. The van der Waals surface area contributed by atoms with Gasteiger partial charge in [-0.15, -0.1) is 0 Å². The molecule has 7 heteroatoms. The third-order valence-corrected chi connectivity index (χ3v) is 5.60. The third-order valence-electron chi connectivity index (χ3n) is 5.60. The Kier molecular flexibility index (Phi) is 3.92. The van der Waals surface area contributed by atoms with Gasteiger partial charge in [0.05, 0.1) is 23.1 Å². The Labute approximate surface area is 172 Å². The highest BCUT2D eigenvalue weighted by atomic mass is 15.1. The summed E-state index contributed by atoms with van der Waals surface area (Å²) in [6.45, 7) is 1.87. The molecule has 0 atom stereocenters. The highest BCUT2D eigenvalue weighted by molar-refractivity contribution is 5.99. The first-order chi connectivity index (χ1) is 14.9. The van der Waals surface area contributed by atoms with Gasteiger partial charge in [-0.3, -0.25) is 15.1 Å². The zero-order chi connectivity index (χ0) is 19.9. The van der Waals surface area contributed by atoms with Crippen LogP contribution in [0.15, 0.2) is 61.2 Å². The average molecular weight is 393 g/mol. The Morgan fingerprint density at radius 2 is 1.97 bits per heavy atom. The molecule has 146 valence electrons. The number of H-pyrrole nitrogens is 2.